The van der Waals surface area contributed by atoms with Gasteiger partial charge in [0.2, 0.25) is 0 Å². The third kappa shape index (κ3) is 6.65. The van der Waals surface area contributed by atoms with E-state index in [0.717, 1.165) is 28.3 Å². The number of para-hydroxylation sites is 2. The Morgan fingerprint density at radius 1 is 0.250 bits per heavy atom. The van der Waals surface area contributed by atoms with Crippen LogP contribution in [0.4, 0.5) is 17.1 Å². The second-order valence-corrected chi connectivity index (χ2v) is 17.6. The van der Waals surface area contributed by atoms with E-state index in [4.69, 9.17) is 0 Å². The van der Waals surface area contributed by atoms with Gasteiger partial charge < -0.3 is 9.47 Å². The molecule has 0 saturated heterocycles. The molecule has 2 heteroatoms. The van der Waals surface area contributed by atoms with Crippen molar-refractivity contribution >= 4 is 71.2 Å². The van der Waals surface area contributed by atoms with Gasteiger partial charge in [-0.15, -0.1) is 0 Å². The fourth-order valence-corrected chi connectivity index (χ4v) is 10.7. The molecule has 1 heterocycles. The second kappa shape index (κ2) is 16.5. The summed E-state index contributed by atoms with van der Waals surface area (Å²) in [7, 11) is 0. The molecule has 0 aliphatic carbocycles. The molecule has 68 heavy (non-hydrogen) atoms. The maximum absolute atomic E-state index is 2.45. The highest BCUT2D eigenvalue weighted by Crippen LogP contribution is 2.48. The fraction of sp³-hybridized carbons (Fsp3) is 0. The average Bonchev–Trinajstić information content (AvgIpc) is 3.75. The van der Waals surface area contributed by atoms with Crippen molar-refractivity contribution in [2.24, 2.45) is 0 Å². The standard InChI is InChI=1S/C66H44N2/c1-4-20-46(21-5-1)65-60-34-13-12-32-57(60)58-39-38-54(44-62(58)66(65)47-22-6-2-7-23-47)67(53-30-17-26-50(42-53)56-35-18-24-45-19-10-11-31-55(45)56)52-29-16-25-48(41-52)49-37-40-64-61(43-49)59-33-14-15-36-63(59)68(64)51-27-8-3-9-28-51/h1-44H. The summed E-state index contributed by atoms with van der Waals surface area (Å²) in [6.07, 6.45) is 0. The highest BCUT2D eigenvalue weighted by Gasteiger charge is 2.22. The number of hydrogen-bond acceptors (Lipinski definition) is 1. The van der Waals surface area contributed by atoms with Gasteiger partial charge in [-0.1, -0.05) is 200 Å². The van der Waals surface area contributed by atoms with Crippen LogP contribution in [0, 0.1) is 0 Å². The van der Waals surface area contributed by atoms with Gasteiger partial charge in [-0.05, 0) is 144 Å². The van der Waals surface area contributed by atoms with Gasteiger partial charge in [0.05, 0.1) is 11.0 Å². The molecule has 0 saturated carbocycles. The van der Waals surface area contributed by atoms with Crippen LogP contribution in [-0.2, 0) is 0 Å². The molecule has 0 atom stereocenters. The SMILES string of the molecule is c1ccc(-c2c(-c3ccccc3)c3cc(N(c4cccc(-c5ccc6c(c5)c5ccccc5n6-c5ccccc5)c4)c4cccc(-c5cccc6ccccc56)c4)ccc3c3ccccc23)cc1. The lowest BCUT2D eigenvalue weighted by Crippen LogP contribution is -2.10. The van der Waals surface area contributed by atoms with Gasteiger partial charge in [0.25, 0.3) is 0 Å². The average molecular weight is 865 g/mol. The molecule has 0 aliphatic rings. The van der Waals surface area contributed by atoms with E-state index in [1.54, 1.807) is 0 Å². The Balaban J connectivity index is 1.05. The number of nitrogens with zero attached hydrogens (tertiary/aromatic N) is 2. The van der Waals surface area contributed by atoms with Crippen LogP contribution in [0.1, 0.15) is 0 Å². The molecule has 2 nitrogen and oxygen atoms in total. The third-order valence-electron chi connectivity index (χ3n) is 13.7. The van der Waals surface area contributed by atoms with E-state index in [0.29, 0.717) is 0 Å². The van der Waals surface area contributed by atoms with Crippen LogP contribution in [-0.4, -0.2) is 4.57 Å². The van der Waals surface area contributed by atoms with Crippen molar-refractivity contribution in [2.45, 2.75) is 0 Å². The number of benzene rings is 12. The van der Waals surface area contributed by atoms with Crippen molar-refractivity contribution in [1.82, 2.24) is 4.57 Å². The monoisotopic (exact) mass is 864 g/mol. The van der Waals surface area contributed by atoms with Gasteiger partial charge in [-0.2, -0.15) is 0 Å². The van der Waals surface area contributed by atoms with E-state index in [1.807, 2.05) is 0 Å². The Kier molecular flexibility index (Phi) is 9.54. The van der Waals surface area contributed by atoms with Crippen molar-refractivity contribution < 1.29 is 0 Å². The van der Waals surface area contributed by atoms with Crippen molar-refractivity contribution in [1.29, 1.82) is 0 Å². The second-order valence-electron chi connectivity index (χ2n) is 17.6. The van der Waals surface area contributed by atoms with Crippen LogP contribution in [0.2, 0.25) is 0 Å². The lowest BCUT2D eigenvalue weighted by molar-refractivity contribution is 1.18. The zero-order chi connectivity index (χ0) is 45.0. The van der Waals surface area contributed by atoms with Gasteiger partial charge in [-0.3, -0.25) is 0 Å². The molecule has 0 N–H and O–H groups in total. The van der Waals surface area contributed by atoms with E-state index in [9.17, 15) is 0 Å². The van der Waals surface area contributed by atoms with E-state index in [-0.39, 0.29) is 0 Å². The van der Waals surface area contributed by atoms with Gasteiger partial charge in [0.15, 0.2) is 0 Å². The topological polar surface area (TPSA) is 8.17 Å². The van der Waals surface area contributed by atoms with Crippen molar-refractivity contribution in [3.8, 4) is 50.2 Å². The molecule has 0 unspecified atom stereocenters. The molecule has 318 valence electrons. The largest absolute Gasteiger partial charge is 0.310 e. The Morgan fingerprint density at radius 2 is 0.750 bits per heavy atom. The van der Waals surface area contributed by atoms with Gasteiger partial charge in [-0.25, -0.2) is 0 Å². The van der Waals surface area contributed by atoms with E-state index < -0.39 is 0 Å². The molecule has 0 radical (unpaired) electrons. The summed E-state index contributed by atoms with van der Waals surface area (Å²) in [6, 6.07) is 97.6. The van der Waals surface area contributed by atoms with Gasteiger partial charge in [0, 0.05) is 33.5 Å². The van der Waals surface area contributed by atoms with Crippen LogP contribution < -0.4 is 4.90 Å². The normalized spacial score (nSPS) is 11.5. The summed E-state index contributed by atoms with van der Waals surface area (Å²) in [5, 5.41) is 9.86. The number of fused-ring (bicyclic) bond motifs is 7. The van der Waals surface area contributed by atoms with Crippen LogP contribution in [0.5, 0.6) is 0 Å². The molecule has 0 aliphatic heterocycles. The Hall–Kier alpha value is -8.98. The first-order chi connectivity index (χ1) is 33.7. The minimum absolute atomic E-state index is 1.08. The molecule has 0 spiro atoms. The summed E-state index contributed by atoms with van der Waals surface area (Å²) < 4.78 is 2.38. The minimum Gasteiger partial charge on any atom is -0.310 e. The lowest BCUT2D eigenvalue weighted by Gasteiger charge is -2.28. The zero-order valence-electron chi connectivity index (χ0n) is 37.3. The maximum Gasteiger partial charge on any atom is 0.0541 e. The van der Waals surface area contributed by atoms with Crippen LogP contribution in [0.3, 0.4) is 0 Å². The zero-order valence-corrected chi connectivity index (χ0v) is 37.3. The minimum atomic E-state index is 1.08. The molecular formula is C66H44N2. The van der Waals surface area contributed by atoms with Crippen molar-refractivity contribution in [2.75, 3.05) is 4.90 Å². The summed E-state index contributed by atoms with van der Waals surface area (Å²) in [5.74, 6) is 0. The predicted octanol–water partition coefficient (Wildman–Crippen LogP) is 18.4. The summed E-state index contributed by atoms with van der Waals surface area (Å²) in [5.41, 5.74) is 16.4. The van der Waals surface area contributed by atoms with E-state index in [2.05, 4.69) is 276 Å². The number of anilines is 3. The molecule has 0 amide bonds. The molecule has 12 aromatic carbocycles. The first-order valence-electron chi connectivity index (χ1n) is 23.4. The highest BCUT2D eigenvalue weighted by molar-refractivity contribution is 6.22. The summed E-state index contributed by atoms with van der Waals surface area (Å²) >= 11 is 0. The van der Waals surface area contributed by atoms with Crippen LogP contribution in [0.25, 0.3) is 104 Å². The molecule has 0 bridgehead atoms. The fourth-order valence-electron chi connectivity index (χ4n) is 10.7. The third-order valence-corrected chi connectivity index (χ3v) is 13.7. The molecule has 13 rings (SSSR count). The van der Waals surface area contributed by atoms with E-state index in [1.165, 1.54) is 93.1 Å². The van der Waals surface area contributed by atoms with E-state index >= 15 is 0 Å². The molecule has 1 aromatic heterocycles. The Bertz CT molecular complexity index is 4010. The Morgan fingerprint density at radius 3 is 1.50 bits per heavy atom. The predicted molar refractivity (Wildman–Crippen MR) is 290 cm³/mol. The highest BCUT2D eigenvalue weighted by atomic mass is 15.1. The summed E-state index contributed by atoms with van der Waals surface area (Å²) in [4.78, 5) is 2.45. The molecular weight excluding hydrogens is 821 g/mol. The van der Waals surface area contributed by atoms with Gasteiger partial charge in [0.1, 0.15) is 0 Å². The van der Waals surface area contributed by atoms with Crippen molar-refractivity contribution in [3.63, 3.8) is 0 Å². The molecule has 0 fully saturated rings. The number of aromatic nitrogens is 1. The Labute approximate surface area is 395 Å². The maximum atomic E-state index is 2.45. The smallest absolute Gasteiger partial charge is 0.0541 e. The first kappa shape index (κ1) is 39.4. The number of hydrogen-bond donors (Lipinski definition) is 0. The quantitative estimate of drug-likeness (QED) is 0.138. The first-order valence-corrected chi connectivity index (χ1v) is 23.4. The van der Waals surface area contributed by atoms with Crippen LogP contribution >= 0.6 is 0 Å². The van der Waals surface area contributed by atoms with Gasteiger partial charge >= 0.3 is 0 Å². The number of rotatable bonds is 8. The van der Waals surface area contributed by atoms with Crippen molar-refractivity contribution in [3.05, 3.63) is 267 Å². The lowest BCUT2D eigenvalue weighted by atomic mass is 9.85. The summed E-state index contributed by atoms with van der Waals surface area (Å²) in [6.45, 7) is 0. The molecule has 13 aromatic rings. The van der Waals surface area contributed by atoms with Crippen LogP contribution in [0.15, 0.2) is 267 Å².